The molecule has 1 atom stereocenters. The minimum absolute atomic E-state index is 0.0246. The van der Waals surface area contributed by atoms with Gasteiger partial charge in [0.1, 0.15) is 11.6 Å². The van der Waals surface area contributed by atoms with Crippen molar-refractivity contribution >= 4 is 5.78 Å². The normalized spacial score (nSPS) is 12.4. The predicted molar refractivity (Wildman–Crippen MR) is 92.1 cm³/mol. The highest BCUT2D eigenvalue weighted by Crippen LogP contribution is 2.24. The Labute approximate surface area is 145 Å². The minimum atomic E-state index is -0.663. The molecular formula is C19H22F2N2O2. The second-order valence-electron chi connectivity index (χ2n) is 6.26. The molecule has 4 nitrogen and oxygen atoms in total. The summed E-state index contributed by atoms with van der Waals surface area (Å²) in [4.78, 5) is 15.7. The molecule has 0 unspecified atom stereocenters. The molecule has 0 radical (unpaired) electrons. The zero-order valence-corrected chi connectivity index (χ0v) is 14.5. The monoisotopic (exact) mass is 348 g/mol. The molecule has 134 valence electrons. The summed E-state index contributed by atoms with van der Waals surface area (Å²) in [5.74, 6) is -1.39. The van der Waals surface area contributed by atoms with Crippen LogP contribution >= 0.6 is 0 Å². The molecule has 1 aromatic carbocycles. The van der Waals surface area contributed by atoms with Gasteiger partial charge in [-0.05, 0) is 37.1 Å². The fraction of sp³-hybridized carbons (Fsp3) is 0.368. The number of rotatable bonds is 7. The van der Waals surface area contributed by atoms with Gasteiger partial charge in [0, 0.05) is 18.2 Å². The Kier molecular flexibility index (Phi) is 6.33. The number of aliphatic hydroxyl groups excluding tert-OH is 1. The number of benzene rings is 1. The van der Waals surface area contributed by atoms with E-state index in [1.165, 1.54) is 31.2 Å². The summed E-state index contributed by atoms with van der Waals surface area (Å²) in [5, 5.41) is 12.4. The molecule has 2 N–H and O–H groups in total. The van der Waals surface area contributed by atoms with Crippen LogP contribution in [0.15, 0.2) is 30.3 Å². The van der Waals surface area contributed by atoms with Crippen molar-refractivity contribution in [1.82, 2.24) is 10.3 Å². The number of nitrogens with one attached hydrogen (secondary N) is 1. The summed E-state index contributed by atoms with van der Waals surface area (Å²) in [6.07, 6.45) is 0. The van der Waals surface area contributed by atoms with Crippen LogP contribution in [0.1, 0.15) is 36.8 Å². The Balaban J connectivity index is 2.33. The number of aliphatic hydroxyl groups is 1. The number of nitrogens with zero attached hydrogens (tertiary/aromatic N) is 1. The smallest absolute Gasteiger partial charge is 0.162 e. The van der Waals surface area contributed by atoms with Crippen molar-refractivity contribution in [2.45, 2.75) is 33.4 Å². The lowest BCUT2D eigenvalue weighted by molar-refractivity contribution is 0.101. The molecule has 0 aliphatic heterocycles. The van der Waals surface area contributed by atoms with Crippen LogP contribution in [0.5, 0.6) is 0 Å². The molecular weight excluding hydrogens is 326 g/mol. The molecule has 0 aliphatic carbocycles. The quantitative estimate of drug-likeness (QED) is 0.754. The molecule has 0 amide bonds. The second-order valence-corrected chi connectivity index (χ2v) is 6.26. The van der Waals surface area contributed by atoms with Crippen LogP contribution in [-0.2, 0) is 6.54 Å². The molecule has 6 heteroatoms. The molecule has 2 rings (SSSR count). The Bertz CT molecular complexity index is 763. The lowest BCUT2D eigenvalue weighted by Gasteiger charge is -2.20. The van der Waals surface area contributed by atoms with E-state index in [-0.39, 0.29) is 53.4 Å². The standard InChI is InChI=1S/C19H22F2N2O2/c1-11(2)18(10-24)22-9-17-15(20)7-8-16(23-17)14-6-4-5-13(12(3)25)19(14)21/h4-8,11,18,22,24H,9-10H2,1-3H3/t18-/m0/s1. The van der Waals surface area contributed by atoms with Crippen LogP contribution in [0, 0.1) is 17.6 Å². The summed E-state index contributed by atoms with van der Waals surface area (Å²) in [6, 6.07) is 6.89. The summed E-state index contributed by atoms with van der Waals surface area (Å²) >= 11 is 0. The third-order valence-corrected chi connectivity index (χ3v) is 4.11. The first-order chi connectivity index (χ1) is 11.8. The van der Waals surface area contributed by atoms with Gasteiger partial charge in [-0.25, -0.2) is 13.8 Å². The molecule has 2 aromatic rings. The van der Waals surface area contributed by atoms with E-state index in [0.717, 1.165) is 0 Å². The molecule has 0 saturated carbocycles. The Morgan fingerprint density at radius 2 is 1.96 bits per heavy atom. The number of carbonyl (C=O) groups excluding carboxylic acids is 1. The summed E-state index contributed by atoms with van der Waals surface area (Å²) < 4.78 is 28.5. The largest absolute Gasteiger partial charge is 0.395 e. The van der Waals surface area contributed by atoms with Gasteiger partial charge in [-0.2, -0.15) is 0 Å². The lowest BCUT2D eigenvalue weighted by atomic mass is 10.0. The third-order valence-electron chi connectivity index (χ3n) is 4.11. The van der Waals surface area contributed by atoms with Gasteiger partial charge in [0.05, 0.1) is 23.6 Å². The number of aromatic nitrogens is 1. The van der Waals surface area contributed by atoms with E-state index in [2.05, 4.69) is 10.3 Å². The van der Waals surface area contributed by atoms with Gasteiger partial charge in [-0.1, -0.05) is 19.9 Å². The minimum Gasteiger partial charge on any atom is -0.395 e. The van der Waals surface area contributed by atoms with Crippen molar-refractivity contribution in [2.24, 2.45) is 5.92 Å². The zero-order chi connectivity index (χ0) is 18.6. The first-order valence-electron chi connectivity index (χ1n) is 8.14. The Morgan fingerprint density at radius 1 is 1.24 bits per heavy atom. The predicted octanol–water partition coefficient (Wildman–Crippen LogP) is 3.34. The summed E-state index contributed by atoms with van der Waals surface area (Å²) in [7, 11) is 0. The molecule has 0 spiro atoms. The van der Waals surface area contributed by atoms with Gasteiger partial charge in [-0.15, -0.1) is 0 Å². The maximum atomic E-state index is 14.5. The number of halogens is 2. The maximum Gasteiger partial charge on any atom is 0.162 e. The number of carbonyl (C=O) groups is 1. The van der Waals surface area contributed by atoms with E-state index in [1.807, 2.05) is 13.8 Å². The zero-order valence-electron chi connectivity index (χ0n) is 14.5. The molecule has 25 heavy (non-hydrogen) atoms. The summed E-state index contributed by atoms with van der Waals surface area (Å²) in [6.45, 7) is 5.20. The van der Waals surface area contributed by atoms with Crippen LogP contribution in [0.4, 0.5) is 8.78 Å². The highest BCUT2D eigenvalue weighted by atomic mass is 19.1. The Morgan fingerprint density at radius 3 is 2.56 bits per heavy atom. The first-order valence-corrected chi connectivity index (χ1v) is 8.14. The average Bonchev–Trinajstić information content (AvgIpc) is 2.56. The van der Waals surface area contributed by atoms with E-state index in [0.29, 0.717) is 0 Å². The van der Waals surface area contributed by atoms with Crippen molar-refractivity contribution in [1.29, 1.82) is 0 Å². The van der Waals surface area contributed by atoms with Crippen molar-refractivity contribution in [3.05, 3.63) is 53.2 Å². The van der Waals surface area contributed by atoms with Crippen LogP contribution < -0.4 is 5.32 Å². The van der Waals surface area contributed by atoms with Crippen LogP contribution in [0.2, 0.25) is 0 Å². The van der Waals surface area contributed by atoms with Gasteiger partial charge >= 0.3 is 0 Å². The highest BCUT2D eigenvalue weighted by Gasteiger charge is 2.17. The molecule has 1 heterocycles. The van der Waals surface area contributed by atoms with E-state index < -0.39 is 11.6 Å². The lowest BCUT2D eigenvalue weighted by Crippen LogP contribution is -2.37. The fourth-order valence-corrected chi connectivity index (χ4v) is 2.50. The van der Waals surface area contributed by atoms with Crippen LogP contribution in [-0.4, -0.2) is 28.5 Å². The third kappa shape index (κ3) is 4.46. The number of Topliss-reactive ketones (excluding diaryl/α,β-unsaturated/α-hetero) is 1. The number of ketones is 1. The molecule has 1 aromatic heterocycles. The van der Waals surface area contributed by atoms with E-state index in [9.17, 15) is 18.7 Å². The van der Waals surface area contributed by atoms with Crippen LogP contribution in [0.3, 0.4) is 0 Å². The molecule has 0 fully saturated rings. The average molecular weight is 348 g/mol. The van der Waals surface area contributed by atoms with Gasteiger partial charge in [0.15, 0.2) is 5.78 Å². The van der Waals surface area contributed by atoms with E-state index in [1.54, 1.807) is 6.07 Å². The van der Waals surface area contributed by atoms with Crippen molar-refractivity contribution in [2.75, 3.05) is 6.61 Å². The maximum absolute atomic E-state index is 14.5. The second kappa shape index (κ2) is 8.27. The molecule has 0 bridgehead atoms. The number of hydrogen-bond acceptors (Lipinski definition) is 4. The van der Waals surface area contributed by atoms with Gasteiger partial charge in [0.2, 0.25) is 0 Å². The van der Waals surface area contributed by atoms with Gasteiger partial charge < -0.3 is 10.4 Å². The van der Waals surface area contributed by atoms with Crippen LogP contribution in [0.25, 0.3) is 11.3 Å². The fourth-order valence-electron chi connectivity index (χ4n) is 2.50. The van der Waals surface area contributed by atoms with Gasteiger partial charge in [0.25, 0.3) is 0 Å². The van der Waals surface area contributed by atoms with Crippen molar-refractivity contribution in [3.8, 4) is 11.3 Å². The highest BCUT2D eigenvalue weighted by molar-refractivity contribution is 5.95. The first kappa shape index (κ1) is 19.1. The van der Waals surface area contributed by atoms with E-state index in [4.69, 9.17) is 0 Å². The topological polar surface area (TPSA) is 62.2 Å². The van der Waals surface area contributed by atoms with Gasteiger partial charge in [-0.3, -0.25) is 4.79 Å². The molecule has 0 saturated heterocycles. The van der Waals surface area contributed by atoms with Crippen molar-refractivity contribution < 1.29 is 18.7 Å². The number of pyridine rings is 1. The number of hydrogen-bond donors (Lipinski definition) is 2. The molecule has 0 aliphatic rings. The summed E-state index contributed by atoms with van der Waals surface area (Å²) in [5.41, 5.74) is 0.507. The van der Waals surface area contributed by atoms with Crippen molar-refractivity contribution in [3.63, 3.8) is 0 Å². The Hall–Kier alpha value is -2.18. The SMILES string of the molecule is CC(=O)c1cccc(-c2ccc(F)c(CN[C@@H](CO)C(C)C)n2)c1F. The van der Waals surface area contributed by atoms with E-state index >= 15 is 0 Å².